The second kappa shape index (κ2) is 9.75. The highest BCUT2D eigenvalue weighted by Crippen LogP contribution is 2.26. The molecule has 3 aromatic rings. The number of carbonyl (C=O) groups is 2. The molecule has 2 N–H and O–H groups in total. The van der Waals surface area contributed by atoms with Crippen LogP contribution in [0.4, 0.5) is 11.4 Å². The summed E-state index contributed by atoms with van der Waals surface area (Å²) in [6, 6.07) is 17.8. The van der Waals surface area contributed by atoms with Crippen molar-refractivity contribution in [3.05, 3.63) is 78.6 Å². The van der Waals surface area contributed by atoms with Gasteiger partial charge in [0, 0.05) is 34.2 Å². The van der Waals surface area contributed by atoms with Crippen molar-refractivity contribution in [3.8, 4) is 5.75 Å². The summed E-state index contributed by atoms with van der Waals surface area (Å²) in [6.45, 7) is 1.85. The molecule has 0 bridgehead atoms. The first kappa shape index (κ1) is 20.4. The number of ether oxygens (including phenoxy) is 1. The average molecular weight is 407 g/mol. The number of anilines is 2. The molecule has 1 atom stereocenters. The standard InChI is InChI=1S/C22H21N3O3S/c1-15(21(26)24-18-10-12-23-13-11-18)29-20-8-6-17(7-9-20)25-22(27)16-4-3-5-19(14-16)28-2/h3-15H,1-2H3,(H,25,27)(H,23,24,26). The smallest absolute Gasteiger partial charge is 0.255 e. The molecule has 0 saturated heterocycles. The van der Waals surface area contributed by atoms with Crippen LogP contribution in [-0.4, -0.2) is 29.2 Å². The minimum atomic E-state index is -0.277. The molecule has 2 amide bonds. The van der Waals surface area contributed by atoms with E-state index in [1.165, 1.54) is 11.8 Å². The Balaban J connectivity index is 1.56. The number of rotatable bonds is 7. The minimum Gasteiger partial charge on any atom is -0.497 e. The van der Waals surface area contributed by atoms with Crippen LogP contribution in [-0.2, 0) is 4.79 Å². The van der Waals surface area contributed by atoms with Gasteiger partial charge in [-0.15, -0.1) is 11.8 Å². The van der Waals surface area contributed by atoms with Crippen molar-refractivity contribution >= 4 is 35.0 Å². The molecule has 1 aromatic heterocycles. The van der Waals surface area contributed by atoms with Gasteiger partial charge in [0.1, 0.15) is 5.75 Å². The Morgan fingerprint density at radius 3 is 2.34 bits per heavy atom. The molecule has 7 heteroatoms. The molecule has 0 radical (unpaired) electrons. The van der Waals surface area contributed by atoms with E-state index in [1.807, 2.05) is 31.2 Å². The van der Waals surface area contributed by atoms with Crippen LogP contribution in [0.1, 0.15) is 17.3 Å². The lowest BCUT2D eigenvalue weighted by atomic mass is 10.2. The molecule has 3 rings (SSSR count). The van der Waals surface area contributed by atoms with Gasteiger partial charge in [-0.25, -0.2) is 0 Å². The molecule has 1 heterocycles. The van der Waals surface area contributed by atoms with Gasteiger partial charge >= 0.3 is 0 Å². The zero-order valence-corrected chi connectivity index (χ0v) is 16.9. The van der Waals surface area contributed by atoms with Crippen molar-refractivity contribution in [2.24, 2.45) is 0 Å². The third-order valence-electron chi connectivity index (χ3n) is 4.07. The summed E-state index contributed by atoms with van der Waals surface area (Å²) in [5.41, 5.74) is 1.91. The number of carbonyl (C=O) groups excluding carboxylic acids is 2. The van der Waals surface area contributed by atoms with Gasteiger partial charge in [-0.05, 0) is 61.5 Å². The number of nitrogens with one attached hydrogen (secondary N) is 2. The molecule has 0 aliphatic heterocycles. The lowest BCUT2D eigenvalue weighted by molar-refractivity contribution is -0.115. The quantitative estimate of drug-likeness (QED) is 0.565. The molecule has 148 valence electrons. The van der Waals surface area contributed by atoms with E-state index in [0.717, 1.165) is 4.90 Å². The predicted molar refractivity (Wildman–Crippen MR) is 116 cm³/mol. The Labute approximate surface area is 173 Å². The normalized spacial score (nSPS) is 11.4. The van der Waals surface area contributed by atoms with E-state index in [1.54, 1.807) is 55.9 Å². The summed E-state index contributed by atoms with van der Waals surface area (Å²) in [4.78, 5) is 29.6. The Hall–Kier alpha value is -3.32. The Kier molecular flexibility index (Phi) is 6.86. The highest BCUT2D eigenvalue weighted by molar-refractivity contribution is 8.00. The summed E-state index contributed by atoms with van der Waals surface area (Å²) in [5, 5.41) is 5.44. The van der Waals surface area contributed by atoms with Crippen molar-refractivity contribution in [3.63, 3.8) is 0 Å². The summed E-state index contributed by atoms with van der Waals surface area (Å²) in [7, 11) is 1.56. The highest BCUT2D eigenvalue weighted by atomic mass is 32.2. The molecule has 6 nitrogen and oxygen atoms in total. The Bertz CT molecular complexity index is 978. The second-order valence-electron chi connectivity index (χ2n) is 6.20. The van der Waals surface area contributed by atoms with Gasteiger partial charge in [0.25, 0.3) is 5.91 Å². The van der Waals surface area contributed by atoms with Crippen molar-refractivity contribution in [1.29, 1.82) is 0 Å². The van der Waals surface area contributed by atoms with E-state index in [0.29, 0.717) is 22.7 Å². The first-order valence-corrected chi connectivity index (χ1v) is 9.86. The van der Waals surface area contributed by atoms with Crippen molar-refractivity contribution in [2.75, 3.05) is 17.7 Å². The summed E-state index contributed by atoms with van der Waals surface area (Å²) in [5.74, 6) is 0.328. The summed E-state index contributed by atoms with van der Waals surface area (Å²) in [6.07, 6.45) is 3.26. The lowest BCUT2D eigenvalue weighted by Gasteiger charge is -2.12. The van der Waals surface area contributed by atoms with Gasteiger partial charge in [-0.1, -0.05) is 6.07 Å². The molecular formula is C22H21N3O3S. The maximum absolute atomic E-state index is 12.4. The molecule has 0 spiro atoms. The fraction of sp³-hybridized carbons (Fsp3) is 0.136. The fourth-order valence-electron chi connectivity index (χ4n) is 2.52. The number of nitrogens with zero attached hydrogens (tertiary/aromatic N) is 1. The molecule has 0 aliphatic carbocycles. The predicted octanol–water partition coefficient (Wildman–Crippen LogP) is 4.46. The Morgan fingerprint density at radius 1 is 0.966 bits per heavy atom. The third kappa shape index (κ3) is 5.83. The van der Waals surface area contributed by atoms with Crippen LogP contribution >= 0.6 is 11.8 Å². The van der Waals surface area contributed by atoms with Crippen LogP contribution in [0.5, 0.6) is 5.75 Å². The van der Waals surface area contributed by atoms with Crippen LogP contribution in [0.2, 0.25) is 0 Å². The minimum absolute atomic E-state index is 0.0865. The molecule has 1 unspecified atom stereocenters. The highest BCUT2D eigenvalue weighted by Gasteiger charge is 2.15. The van der Waals surface area contributed by atoms with Crippen LogP contribution in [0.25, 0.3) is 0 Å². The first-order valence-electron chi connectivity index (χ1n) is 8.98. The second-order valence-corrected chi connectivity index (χ2v) is 7.61. The fourth-order valence-corrected chi connectivity index (χ4v) is 3.39. The SMILES string of the molecule is COc1cccc(C(=O)Nc2ccc(SC(C)C(=O)Nc3ccncc3)cc2)c1. The number of pyridine rings is 1. The molecule has 0 saturated carbocycles. The van der Waals surface area contributed by atoms with E-state index in [2.05, 4.69) is 15.6 Å². The van der Waals surface area contributed by atoms with E-state index in [-0.39, 0.29) is 17.1 Å². The van der Waals surface area contributed by atoms with Gasteiger partial charge in [0.2, 0.25) is 5.91 Å². The van der Waals surface area contributed by atoms with Gasteiger partial charge in [-0.2, -0.15) is 0 Å². The molecule has 2 aromatic carbocycles. The molecule has 29 heavy (non-hydrogen) atoms. The number of amides is 2. The monoisotopic (exact) mass is 407 g/mol. The molecule has 0 fully saturated rings. The summed E-state index contributed by atoms with van der Waals surface area (Å²) >= 11 is 1.44. The maximum atomic E-state index is 12.4. The number of methoxy groups -OCH3 is 1. The van der Waals surface area contributed by atoms with Crippen LogP contribution in [0, 0.1) is 0 Å². The number of hydrogen-bond donors (Lipinski definition) is 2. The third-order valence-corrected chi connectivity index (χ3v) is 5.19. The number of thioether (sulfide) groups is 1. The molecule has 0 aliphatic rings. The maximum Gasteiger partial charge on any atom is 0.255 e. The molecular weight excluding hydrogens is 386 g/mol. The average Bonchev–Trinajstić information content (AvgIpc) is 2.75. The first-order chi connectivity index (χ1) is 14.0. The topological polar surface area (TPSA) is 80.3 Å². The van der Waals surface area contributed by atoms with Gasteiger partial charge < -0.3 is 15.4 Å². The van der Waals surface area contributed by atoms with E-state index >= 15 is 0 Å². The number of benzene rings is 2. The largest absolute Gasteiger partial charge is 0.497 e. The summed E-state index contributed by atoms with van der Waals surface area (Å²) < 4.78 is 5.15. The van der Waals surface area contributed by atoms with E-state index < -0.39 is 0 Å². The van der Waals surface area contributed by atoms with Crippen LogP contribution < -0.4 is 15.4 Å². The van der Waals surface area contributed by atoms with E-state index in [4.69, 9.17) is 4.74 Å². The van der Waals surface area contributed by atoms with Crippen LogP contribution in [0.3, 0.4) is 0 Å². The lowest BCUT2D eigenvalue weighted by Crippen LogP contribution is -2.22. The van der Waals surface area contributed by atoms with Crippen LogP contribution in [0.15, 0.2) is 78.0 Å². The van der Waals surface area contributed by atoms with Gasteiger partial charge in [-0.3, -0.25) is 14.6 Å². The van der Waals surface area contributed by atoms with Crippen molar-refractivity contribution < 1.29 is 14.3 Å². The Morgan fingerprint density at radius 2 is 1.66 bits per heavy atom. The van der Waals surface area contributed by atoms with Crippen molar-refractivity contribution in [2.45, 2.75) is 17.1 Å². The number of hydrogen-bond acceptors (Lipinski definition) is 5. The number of aromatic nitrogens is 1. The van der Waals surface area contributed by atoms with Crippen molar-refractivity contribution in [1.82, 2.24) is 4.98 Å². The zero-order valence-electron chi connectivity index (χ0n) is 16.1. The van der Waals surface area contributed by atoms with Gasteiger partial charge in [0.15, 0.2) is 0 Å². The zero-order chi connectivity index (χ0) is 20.6. The van der Waals surface area contributed by atoms with Gasteiger partial charge in [0.05, 0.1) is 12.4 Å². The van der Waals surface area contributed by atoms with E-state index in [9.17, 15) is 9.59 Å².